The molecule has 2 aromatic rings. The normalized spacial score (nSPS) is 10.4. The topological polar surface area (TPSA) is 78.2 Å². The lowest BCUT2D eigenvalue weighted by Crippen LogP contribution is -1.99. The van der Waals surface area contributed by atoms with Gasteiger partial charge in [0.1, 0.15) is 11.0 Å². The van der Waals surface area contributed by atoms with Gasteiger partial charge in [0, 0.05) is 18.6 Å². The van der Waals surface area contributed by atoms with E-state index in [9.17, 15) is 14.5 Å². The summed E-state index contributed by atoms with van der Waals surface area (Å²) < 4.78 is 19.0. The van der Waals surface area contributed by atoms with E-state index >= 15 is 0 Å². The molecule has 6 nitrogen and oxygen atoms in total. The Morgan fingerprint density at radius 1 is 1.38 bits per heavy atom. The van der Waals surface area contributed by atoms with Gasteiger partial charge >= 0.3 is 0 Å². The first-order chi connectivity index (χ1) is 9.99. The van der Waals surface area contributed by atoms with Crippen LogP contribution in [0.3, 0.4) is 0 Å². The quantitative estimate of drug-likeness (QED) is 0.475. The van der Waals surface area contributed by atoms with E-state index in [0.29, 0.717) is 12.2 Å². The fourth-order valence-electron chi connectivity index (χ4n) is 1.63. The highest BCUT2D eigenvalue weighted by atomic mass is 35.5. The van der Waals surface area contributed by atoms with Crippen molar-refractivity contribution >= 4 is 17.3 Å². The Morgan fingerprint density at radius 3 is 2.76 bits per heavy atom. The molecular weight excluding hydrogens is 301 g/mol. The minimum absolute atomic E-state index is 0.0891. The summed E-state index contributed by atoms with van der Waals surface area (Å²) in [5, 5.41) is 10.7. The number of benzene rings is 1. The second kappa shape index (κ2) is 6.45. The molecule has 0 bridgehead atoms. The Kier molecular flexibility index (Phi) is 4.64. The van der Waals surface area contributed by atoms with Crippen LogP contribution in [0.1, 0.15) is 19.2 Å². The van der Waals surface area contributed by atoms with Gasteiger partial charge in [-0.25, -0.2) is 9.37 Å². The zero-order valence-electron chi connectivity index (χ0n) is 11.0. The molecule has 0 aliphatic heterocycles. The highest BCUT2D eigenvalue weighted by molar-refractivity contribution is 6.29. The summed E-state index contributed by atoms with van der Waals surface area (Å²) in [4.78, 5) is 18.0. The van der Waals surface area contributed by atoms with Crippen molar-refractivity contribution in [2.75, 3.05) is 0 Å². The van der Waals surface area contributed by atoms with Crippen LogP contribution in [0.25, 0.3) is 0 Å². The number of ether oxygens (including phenoxy) is 1. The van der Waals surface area contributed by atoms with Gasteiger partial charge in [0.25, 0.3) is 5.69 Å². The molecule has 0 spiro atoms. The molecule has 0 radical (unpaired) electrons. The Morgan fingerprint density at radius 2 is 2.14 bits per heavy atom. The first kappa shape index (κ1) is 15.1. The molecule has 0 aliphatic rings. The minimum Gasteiger partial charge on any atom is -0.436 e. The molecule has 0 unspecified atom stereocenters. The van der Waals surface area contributed by atoms with E-state index in [-0.39, 0.29) is 22.5 Å². The molecule has 1 aromatic heterocycles. The lowest BCUT2D eigenvalue weighted by Gasteiger charge is -2.07. The highest BCUT2D eigenvalue weighted by Gasteiger charge is 2.13. The van der Waals surface area contributed by atoms with Crippen LogP contribution in [0, 0.1) is 15.9 Å². The van der Waals surface area contributed by atoms with E-state index in [4.69, 9.17) is 16.3 Å². The molecule has 110 valence electrons. The smallest absolute Gasteiger partial charge is 0.272 e. The second-order valence-corrected chi connectivity index (χ2v) is 4.56. The maximum atomic E-state index is 13.7. The van der Waals surface area contributed by atoms with Crippen molar-refractivity contribution < 1.29 is 14.1 Å². The number of nitrogens with zero attached hydrogens (tertiary/aromatic N) is 3. The average Bonchev–Trinajstić information content (AvgIpc) is 2.40. The van der Waals surface area contributed by atoms with Crippen molar-refractivity contribution in [1.82, 2.24) is 9.97 Å². The Labute approximate surface area is 124 Å². The summed E-state index contributed by atoms with van der Waals surface area (Å²) in [6.07, 6.45) is 1.44. The molecule has 8 heteroatoms. The standard InChI is InChI=1S/C13H11ClFN3O3/c1-2-3-12-16-11(14)7-13(17-12)21-10-5-4-8(18(19)20)6-9(10)15/h4-7H,2-3H2,1H3. The van der Waals surface area contributed by atoms with Crippen molar-refractivity contribution in [3.8, 4) is 11.6 Å². The van der Waals surface area contributed by atoms with Gasteiger partial charge < -0.3 is 4.74 Å². The summed E-state index contributed by atoms with van der Waals surface area (Å²) in [7, 11) is 0. The molecule has 1 aromatic carbocycles. The van der Waals surface area contributed by atoms with E-state index in [2.05, 4.69) is 9.97 Å². The van der Waals surface area contributed by atoms with Gasteiger partial charge in [-0.1, -0.05) is 18.5 Å². The molecule has 21 heavy (non-hydrogen) atoms. The van der Waals surface area contributed by atoms with Crippen LogP contribution in [0.15, 0.2) is 24.3 Å². The van der Waals surface area contributed by atoms with E-state index in [1.54, 1.807) is 0 Å². The third kappa shape index (κ3) is 3.85. The van der Waals surface area contributed by atoms with Gasteiger partial charge in [0.15, 0.2) is 11.6 Å². The minimum atomic E-state index is -0.851. The number of aromatic nitrogens is 2. The zero-order valence-corrected chi connectivity index (χ0v) is 11.8. The maximum Gasteiger partial charge on any atom is 0.272 e. The predicted molar refractivity (Wildman–Crippen MR) is 74.2 cm³/mol. The summed E-state index contributed by atoms with van der Waals surface area (Å²) in [6.45, 7) is 1.96. The maximum absolute atomic E-state index is 13.7. The molecule has 0 fully saturated rings. The fourth-order valence-corrected chi connectivity index (χ4v) is 1.82. The molecule has 0 N–H and O–H groups in total. The second-order valence-electron chi connectivity index (χ2n) is 4.17. The van der Waals surface area contributed by atoms with Crippen LogP contribution in [0.2, 0.25) is 5.15 Å². The number of nitro groups is 1. The van der Waals surface area contributed by atoms with Crippen molar-refractivity contribution in [3.63, 3.8) is 0 Å². The predicted octanol–water partition coefficient (Wildman–Crippen LogP) is 3.92. The van der Waals surface area contributed by atoms with Crippen LogP contribution in [0.5, 0.6) is 11.6 Å². The number of halogens is 2. The number of non-ortho nitro benzene ring substituents is 1. The largest absolute Gasteiger partial charge is 0.436 e. The lowest BCUT2D eigenvalue weighted by molar-refractivity contribution is -0.385. The zero-order chi connectivity index (χ0) is 15.4. The Hall–Kier alpha value is -2.28. The molecule has 1 heterocycles. The summed E-state index contributed by atoms with van der Waals surface area (Å²) in [5.41, 5.74) is -0.354. The third-order valence-corrected chi connectivity index (χ3v) is 2.73. The van der Waals surface area contributed by atoms with Crippen molar-refractivity contribution in [2.45, 2.75) is 19.8 Å². The number of hydrogen-bond acceptors (Lipinski definition) is 5. The average molecular weight is 312 g/mol. The molecule has 0 saturated heterocycles. The van der Waals surface area contributed by atoms with E-state index in [1.165, 1.54) is 12.1 Å². The van der Waals surface area contributed by atoms with Gasteiger partial charge in [0.05, 0.1) is 11.0 Å². The first-order valence-corrected chi connectivity index (χ1v) is 6.52. The molecule has 0 amide bonds. The monoisotopic (exact) mass is 311 g/mol. The van der Waals surface area contributed by atoms with Crippen molar-refractivity contribution in [1.29, 1.82) is 0 Å². The lowest BCUT2D eigenvalue weighted by atomic mass is 10.3. The van der Waals surface area contributed by atoms with Crippen LogP contribution < -0.4 is 4.74 Å². The van der Waals surface area contributed by atoms with Crippen LogP contribution >= 0.6 is 11.6 Å². The summed E-state index contributed by atoms with van der Waals surface area (Å²) in [5.74, 6) is -0.442. The number of nitro benzene ring substituents is 1. The summed E-state index contributed by atoms with van der Waals surface area (Å²) in [6, 6.07) is 4.45. The van der Waals surface area contributed by atoms with Gasteiger partial charge in [-0.05, 0) is 12.5 Å². The Balaban J connectivity index is 2.27. The van der Waals surface area contributed by atoms with Crippen molar-refractivity contribution in [2.24, 2.45) is 0 Å². The van der Waals surface area contributed by atoms with E-state index < -0.39 is 10.7 Å². The molecule has 0 saturated carbocycles. The van der Waals surface area contributed by atoms with E-state index in [0.717, 1.165) is 18.6 Å². The van der Waals surface area contributed by atoms with E-state index in [1.807, 2.05) is 6.92 Å². The van der Waals surface area contributed by atoms with Crippen LogP contribution in [-0.2, 0) is 6.42 Å². The Bertz CT molecular complexity index is 682. The number of rotatable bonds is 5. The SMILES string of the molecule is CCCc1nc(Cl)cc(Oc2ccc([N+](=O)[O-])cc2F)n1. The highest BCUT2D eigenvalue weighted by Crippen LogP contribution is 2.27. The number of hydrogen-bond donors (Lipinski definition) is 0. The first-order valence-electron chi connectivity index (χ1n) is 6.15. The molecule has 0 aliphatic carbocycles. The third-order valence-electron chi connectivity index (χ3n) is 2.53. The van der Waals surface area contributed by atoms with Crippen LogP contribution in [0.4, 0.5) is 10.1 Å². The molecular formula is C13H11ClFN3O3. The fraction of sp³-hybridized carbons (Fsp3) is 0.231. The molecule has 0 atom stereocenters. The van der Waals surface area contributed by atoms with Gasteiger partial charge in [-0.3, -0.25) is 10.1 Å². The summed E-state index contributed by atoms with van der Waals surface area (Å²) >= 11 is 5.84. The van der Waals surface area contributed by atoms with Crippen LogP contribution in [-0.4, -0.2) is 14.9 Å². The molecule has 2 rings (SSSR count). The van der Waals surface area contributed by atoms with Gasteiger partial charge in [-0.2, -0.15) is 4.98 Å². The number of aryl methyl sites for hydroxylation is 1. The van der Waals surface area contributed by atoms with Crippen molar-refractivity contribution in [3.05, 3.63) is 51.2 Å². The van der Waals surface area contributed by atoms with Gasteiger partial charge in [-0.15, -0.1) is 0 Å². The van der Waals surface area contributed by atoms with Gasteiger partial charge in [0.2, 0.25) is 5.88 Å².